The second kappa shape index (κ2) is 5.23. The number of benzene rings is 1. The van der Waals surface area contributed by atoms with Crippen LogP contribution in [-0.2, 0) is 0 Å². The van der Waals surface area contributed by atoms with Gasteiger partial charge >= 0.3 is 0 Å². The maximum absolute atomic E-state index is 13.6. The summed E-state index contributed by atoms with van der Waals surface area (Å²) in [5.74, 6) is -1.21. The van der Waals surface area contributed by atoms with Gasteiger partial charge in [-0.05, 0) is 37.2 Å². The maximum atomic E-state index is 13.6. The highest BCUT2D eigenvalue weighted by Gasteiger charge is 2.36. The van der Waals surface area contributed by atoms with Crippen molar-refractivity contribution >= 4 is 11.4 Å². The second-order valence-corrected chi connectivity index (χ2v) is 6.37. The second-order valence-electron chi connectivity index (χ2n) is 6.37. The summed E-state index contributed by atoms with van der Waals surface area (Å²) in [5, 5.41) is 0. The van der Waals surface area contributed by atoms with Crippen LogP contribution in [0.2, 0.25) is 0 Å². The topological polar surface area (TPSA) is 29.3 Å². The van der Waals surface area contributed by atoms with Gasteiger partial charge in [0.15, 0.2) is 5.82 Å². The summed E-state index contributed by atoms with van der Waals surface area (Å²) in [4.78, 5) is 2.04. The van der Waals surface area contributed by atoms with Gasteiger partial charge in [0.05, 0.1) is 11.4 Å². The third-order valence-corrected chi connectivity index (χ3v) is 5.15. The predicted octanol–water partition coefficient (Wildman–Crippen LogP) is 4.10. The number of halogens is 2. The Bertz CT molecular complexity index is 485. The van der Waals surface area contributed by atoms with E-state index in [0.717, 1.165) is 32.0 Å². The smallest absolute Gasteiger partial charge is 0.151 e. The van der Waals surface area contributed by atoms with Crippen molar-refractivity contribution in [3.8, 4) is 0 Å². The van der Waals surface area contributed by atoms with Crippen LogP contribution in [0.25, 0.3) is 0 Å². The van der Waals surface area contributed by atoms with Gasteiger partial charge in [-0.3, -0.25) is 0 Å². The summed E-state index contributed by atoms with van der Waals surface area (Å²) in [6.45, 7) is 1.71. The Hall–Kier alpha value is -1.32. The zero-order valence-corrected chi connectivity index (χ0v) is 11.8. The molecule has 0 bridgehead atoms. The average Bonchev–Trinajstić information content (AvgIpc) is 2.45. The molecule has 0 aromatic heterocycles. The normalized spacial score (nSPS) is 22.2. The molecule has 2 nitrogen and oxygen atoms in total. The first-order valence-electron chi connectivity index (χ1n) is 7.59. The summed E-state index contributed by atoms with van der Waals surface area (Å²) in [6, 6.07) is 2.21. The molecule has 4 heteroatoms. The Kier molecular flexibility index (Phi) is 3.57. The van der Waals surface area contributed by atoms with Crippen molar-refractivity contribution < 1.29 is 8.78 Å². The van der Waals surface area contributed by atoms with Crippen molar-refractivity contribution in [1.29, 1.82) is 0 Å². The lowest BCUT2D eigenvalue weighted by Crippen LogP contribution is -2.41. The maximum Gasteiger partial charge on any atom is 0.151 e. The highest BCUT2D eigenvalue weighted by Crippen LogP contribution is 2.45. The fraction of sp³-hybridized carbons (Fsp3) is 0.625. The van der Waals surface area contributed by atoms with Crippen LogP contribution in [0.1, 0.15) is 44.9 Å². The molecule has 1 heterocycles. The van der Waals surface area contributed by atoms with E-state index in [1.165, 1.54) is 38.2 Å². The van der Waals surface area contributed by atoms with Gasteiger partial charge in [0.2, 0.25) is 0 Å². The van der Waals surface area contributed by atoms with Gasteiger partial charge in [-0.25, -0.2) is 8.78 Å². The van der Waals surface area contributed by atoms with Crippen LogP contribution in [0.15, 0.2) is 12.1 Å². The molecule has 1 spiro atoms. The van der Waals surface area contributed by atoms with Gasteiger partial charge in [-0.15, -0.1) is 0 Å². The van der Waals surface area contributed by atoms with E-state index in [4.69, 9.17) is 5.73 Å². The molecule has 0 atom stereocenters. The Morgan fingerprint density at radius 3 is 2.25 bits per heavy atom. The lowest BCUT2D eigenvalue weighted by molar-refractivity contribution is 0.144. The van der Waals surface area contributed by atoms with Gasteiger partial charge < -0.3 is 10.6 Å². The molecule has 1 aromatic carbocycles. The van der Waals surface area contributed by atoms with E-state index in [0.29, 0.717) is 11.1 Å². The lowest BCUT2D eigenvalue weighted by atomic mass is 9.68. The van der Waals surface area contributed by atoms with Crippen LogP contribution in [0, 0.1) is 17.0 Å². The summed E-state index contributed by atoms with van der Waals surface area (Å²) < 4.78 is 26.9. The first-order valence-corrected chi connectivity index (χ1v) is 7.59. The molecule has 0 amide bonds. The van der Waals surface area contributed by atoms with E-state index in [1.54, 1.807) is 0 Å². The highest BCUT2D eigenvalue weighted by atomic mass is 19.1. The first kappa shape index (κ1) is 13.7. The third-order valence-electron chi connectivity index (χ3n) is 5.15. The van der Waals surface area contributed by atoms with Crippen molar-refractivity contribution in [1.82, 2.24) is 0 Å². The Morgan fingerprint density at radius 2 is 1.60 bits per heavy atom. The van der Waals surface area contributed by atoms with E-state index >= 15 is 0 Å². The van der Waals surface area contributed by atoms with Crippen LogP contribution in [0.4, 0.5) is 20.2 Å². The number of rotatable bonds is 1. The molecule has 1 aliphatic heterocycles. The van der Waals surface area contributed by atoms with Crippen LogP contribution in [-0.4, -0.2) is 13.1 Å². The zero-order valence-electron chi connectivity index (χ0n) is 11.8. The van der Waals surface area contributed by atoms with Gasteiger partial charge in [0, 0.05) is 19.2 Å². The zero-order chi connectivity index (χ0) is 14.2. The van der Waals surface area contributed by atoms with Gasteiger partial charge in [-0.2, -0.15) is 0 Å². The van der Waals surface area contributed by atoms with Crippen molar-refractivity contribution in [2.24, 2.45) is 5.41 Å². The minimum absolute atomic E-state index is 0.0750. The molecule has 3 rings (SSSR count). The molecule has 0 radical (unpaired) electrons. The van der Waals surface area contributed by atoms with Crippen molar-refractivity contribution in [3.05, 3.63) is 23.8 Å². The van der Waals surface area contributed by atoms with Gasteiger partial charge in [-0.1, -0.05) is 19.3 Å². The van der Waals surface area contributed by atoms with E-state index in [2.05, 4.69) is 0 Å². The molecule has 2 fully saturated rings. The molecule has 20 heavy (non-hydrogen) atoms. The number of hydrogen-bond acceptors (Lipinski definition) is 2. The molecule has 1 saturated heterocycles. The van der Waals surface area contributed by atoms with Crippen molar-refractivity contribution in [3.63, 3.8) is 0 Å². The Balaban J connectivity index is 1.75. The van der Waals surface area contributed by atoms with Crippen LogP contribution in [0.3, 0.4) is 0 Å². The summed E-state index contributed by atoms with van der Waals surface area (Å²) >= 11 is 0. The minimum Gasteiger partial charge on any atom is -0.395 e. The average molecular weight is 280 g/mol. The molecule has 2 N–H and O–H groups in total. The highest BCUT2D eigenvalue weighted by molar-refractivity contribution is 5.68. The van der Waals surface area contributed by atoms with Gasteiger partial charge in [0.25, 0.3) is 0 Å². The van der Waals surface area contributed by atoms with Crippen LogP contribution in [0.5, 0.6) is 0 Å². The third kappa shape index (κ3) is 2.48. The fourth-order valence-corrected chi connectivity index (χ4v) is 3.86. The summed E-state index contributed by atoms with van der Waals surface area (Å²) in [7, 11) is 0. The van der Waals surface area contributed by atoms with E-state index in [-0.39, 0.29) is 5.69 Å². The minimum atomic E-state index is -0.655. The first-order chi connectivity index (χ1) is 9.60. The number of nitrogens with zero attached hydrogens (tertiary/aromatic N) is 1. The molecule has 1 saturated carbocycles. The Labute approximate surface area is 118 Å². The van der Waals surface area contributed by atoms with E-state index < -0.39 is 11.6 Å². The predicted molar refractivity (Wildman–Crippen MR) is 77.7 cm³/mol. The Morgan fingerprint density at radius 1 is 0.950 bits per heavy atom. The SMILES string of the molecule is Nc1c(F)cc(F)cc1N1CCC2(CCCCC2)CC1. The summed E-state index contributed by atoms with van der Waals surface area (Å²) in [5.41, 5.74) is 6.85. The fourth-order valence-electron chi connectivity index (χ4n) is 3.86. The van der Waals surface area contributed by atoms with E-state index in [1.807, 2.05) is 4.90 Å². The molecular weight excluding hydrogens is 258 g/mol. The largest absolute Gasteiger partial charge is 0.395 e. The van der Waals surface area contributed by atoms with Crippen LogP contribution < -0.4 is 10.6 Å². The van der Waals surface area contributed by atoms with Crippen molar-refractivity contribution in [2.75, 3.05) is 23.7 Å². The van der Waals surface area contributed by atoms with E-state index in [9.17, 15) is 8.78 Å². The monoisotopic (exact) mass is 280 g/mol. The molecule has 1 aliphatic carbocycles. The number of anilines is 2. The summed E-state index contributed by atoms with van der Waals surface area (Å²) in [6.07, 6.45) is 8.87. The molecular formula is C16H22F2N2. The number of nitrogen functional groups attached to an aromatic ring is 1. The number of piperidine rings is 1. The standard InChI is InChI=1S/C16H22F2N2/c17-12-10-13(18)15(19)14(11-12)20-8-6-16(7-9-20)4-2-1-3-5-16/h10-11H,1-9,19H2. The molecule has 110 valence electrons. The molecule has 2 aliphatic rings. The quantitative estimate of drug-likeness (QED) is 0.785. The van der Waals surface area contributed by atoms with Crippen LogP contribution >= 0.6 is 0 Å². The molecule has 1 aromatic rings. The van der Waals surface area contributed by atoms with Gasteiger partial charge in [0.1, 0.15) is 5.82 Å². The molecule has 0 unspecified atom stereocenters. The number of nitrogens with two attached hydrogens (primary N) is 1. The number of hydrogen-bond donors (Lipinski definition) is 1. The van der Waals surface area contributed by atoms with Crippen molar-refractivity contribution in [2.45, 2.75) is 44.9 Å². The lowest BCUT2D eigenvalue weighted by Gasteiger charge is -2.45.